The van der Waals surface area contributed by atoms with Gasteiger partial charge >= 0.3 is 5.97 Å². The van der Waals surface area contributed by atoms with Crippen LogP contribution in [-0.4, -0.2) is 47.5 Å². The van der Waals surface area contributed by atoms with Gasteiger partial charge in [0.25, 0.3) is 0 Å². The van der Waals surface area contributed by atoms with Crippen LogP contribution in [0.1, 0.15) is 13.3 Å². The van der Waals surface area contributed by atoms with Gasteiger partial charge in [-0.25, -0.2) is 0 Å². The number of esters is 1. The number of hydrogen-bond donors (Lipinski definition) is 1. The van der Waals surface area contributed by atoms with E-state index in [9.17, 15) is 14.7 Å². The summed E-state index contributed by atoms with van der Waals surface area (Å²) < 4.78 is 4.67. The second-order valence-corrected chi connectivity index (χ2v) is 2.80. The molecule has 0 amide bonds. The van der Waals surface area contributed by atoms with Crippen molar-refractivity contribution >= 4 is 18.0 Å². The molecule has 1 rings (SSSR count). The highest BCUT2D eigenvalue weighted by molar-refractivity contribution is 6.28. The molecule has 0 aliphatic carbocycles. The minimum absolute atomic E-state index is 0.133. The number of rotatable bonds is 4. The highest BCUT2D eigenvalue weighted by Gasteiger charge is 2.25. The monoisotopic (exact) mass is 200 g/mol. The van der Waals surface area contributed by atoms with Crippen LogP contribution in [0.5, 0.6) is 0 Å². The van der Waals surface area contributed by atoms with Crippen molar-refractivity contribution in [3.63, 3.8) is 0 Å². The molecule has 0 aromatic carbocycles. The normalized spacial score (nSPS) is 20.6. The fourth-order valence-electron chi connectivity index (χ4n) is 1.12. The Morgan fingerprint density at radius 1 is 1.86 bits per heavy atom. The maximum atomic E-state index is 11.0. The second kappa shape index (κ2) is 4.71. The van der Waals surface area contributed by atoms with E-state index in [4.69, 9.17) is 0 Å². The van der Waals surface area contributed by atoms with E-state index in [1.807, 2.05) is 0 Å². The largest absolute Gasteiger partial charge is 0.465 e. The number of aliphatic hydroxyl groups is 1. The number of carbonyl (C=O) groups excluding carboxylic acids is 2. The third kappa shape index (κ3) is 2.53. The Hall–Kier alpha value is -1.43. The Kier molecular flexibility index (Phi) is 3.58. The molecule has 0 aromatic rings. The molecular weight excluding hydrogens is 188 g/mol. The molecule has 6 nitrogen and oxygen atoms in total. The first-order chi connectivity index (χ1) is 6.67. The highest BCUT2D eigenvalue weighted by atomic mass is 16.5. The lowest BCUT2D eigenvalue weighted by atomic mass is 10.3. The van der Waals surface area contributed by atoms with Crippen LogP contribution in [0.3, 0.4) is 0 Å². The highest BCUT2D eigenvalue weighted by Crippen LogP contribution is 2.11. The summed E-state index contributed by atoms with van der Waals surface area (Å²) in [5, 5.41) is 14.2. The van der Waals surface area contributed by atoms with Crippen LogP contribution < -0.4 is 0 Å². The number of ether oxygens (including phenoxy) is 1. The molecule has 0 aromatic heterocycles. The van der Waals surface area contributed by atoms with Gasteiger partial charge in [-0.1, -0.05) is 0 Å². The molecule has 1 aliphatic heterocycles. The molecule has 1 aliphatic rings. The average Bonchev–Trinajstić information content (AvgIpc) is 2.48. The summed E-state index contributed by atoms with van der Waals surface area (Å²) in [5.41, 5.74) is 0.238. The Morgan fingerprint density at radius 3 is 3.07 bits per heavy atom. The molecule has 1 N–H and O–H groups in total. The lowest BCUT2D eigenvalue weighted by molar-refractivity contribution is -0.146. The first-order valence-electron chi connectivity index (χ1n) is 4.30. The van der Waals surface area contributed by atoms with Crippen LogP contribution in [0.2, 0.25) is 0 Å². The van der Waals surface area contributed by atoms with Crippen molar-refractivity contribution in [2.24, 2.45) is 5.10 Å². The molecule has 14 heavy (non-hydrogen) atoms. The standard InChI is InChI=1S/C8H12N2O4/c1-2-14-8(13)4-10-7(12)3-6(5-11)9-10/h5,7,12H,2-4H2,1H3. The molecular formula is C8H12N2O4. The van der Waals surface area contributed by atoms with Crippen molar-refractivity contribution in [2.45, 2.75) is 19.6 Å². The summed E-state index contributed by atoms with van der Waals surface area (Å²) in [4.78, 5) is 21.3. The Balaban J connectivity index is 2.48. The minimum atomic E-state index is -0.903. The Bertz CT molecular complexity index is 264. The molecule has 1 atom stereocenters. The van der Waals surface area contributed by atoms with Crippen molar-refractivity contribution in [3.8, 4) is 0 Å². The fraction of sp³-hybridized carbons (Fsp3) is 0.625. The van der Waals surface area contributed by atoms with Gasteiger partial charge in [0.05, 0.1) is 6.61 Å². The van der Waals surface area contributed by atoms with Crippen LogP contribution in [0.25, 0.3) is 0 Å². The molecule has 78 valence electrons. The first-order valence-corrected chi connectivity index (χ1v) is 4.30. The van der Waals surface area contributed by atoms with E-state index >= 15 is 0 Å². The van der Waals surface area contributed by atoms with Gasteiger partial charge in [0.1, 0.15) is 18.5 Å². The minimum Gasteiger partial charge on any atom is -0.465 e. The van der Waals surface area contributed by atoms with Crippen LogP contribution >= 0.6 is 0 Å². The predicted molar refractivity (Wildman–Crippen MR) is 47.5 cm³/mol. The smallest absolute Gasteiger partial charge is 0.327 e. The van der Waals surface area contributed by atoms with Crippen LogP contribution in [-0.2, 0) is 14.3 Å². The maximum absolute atomic E-state index is 11.0. The molecule has 0 bridgehead atoms. The van der Waals surface area contributed by atoms with Gasteiger partial charge in [0.15, 0.2) is 6.29 Å². The molecule has 0 saturated carbocycles. The summed E-state index contributed by atoms with van der Waals surface area (Å²) in [6, 6.07) is 0. The van der Waals surface area contributed by atoms with Crippen molar-refractivity contribution < 1.29 is 19.4 Å². The van der Waals surface area contributed by atoms with Crippen molar-refractivity contribution in [1.82, 2.24) is 5.01 Å². The number of aldehydes is 1. The lowest BCUT2D eigenvalue weighted by Gasteiger charge is -2.16. The average molecular weight is 200 g/mol. The van der Waals surface area contributed by atoms with E-state index in [1.165, 1.54) is 0 Å². The maximum Gasteiger partial charge on any atom is 0.327 e. The van der Waals surface area contributed by atoms with Crippen molar-refractivity contribution in [3.05, 3.63) is 0 Å². The fourth-order valence-corrected chi connectivity index (χ4v) is 1.12. The van der Waals surface area contributed by atoms with E-state index in [0.29, 0.717) is 6.29 Å². The van der Waals surface area contributed by atoms with Gasteiger partial charge in [-0.15, -0.1) is 0 Å². The van der Waals surface area contributed by atoms with E-state index in [1.54, 1.807) is 6.92 Å². The summed E-state index contributed by atoms with van der Waals surface area (Å²) in [6.45, 7) is 1.85. The topological polar surface area (TPSA) is 79.2 Å². The molecule has 1 unspecified atom stereocenters. The van der Waals surface area contributed by atoms with Gasteiger partial charge in [-0.05, 0) is 6.92 Å². The Labute approximate surface area is 81.1 Å². The zero-order valence-electron chi connectivity index (χ0n) is 7.84. The molecule has 0 fully saturated rings. The zero-order valence-corrected chi connectivity index (χ0v) is 7.84. The van der Waals surface area contributed by atoms with E-state index in [-0.39, 0.29) is 25.3 Å². The van der Waals surface area contributed by atoms with Gasteiger partial charge < -0.3 is 9.84 Å². The number of nitrogens with zero attached hydrogens (tertiary/aromatic N) is 2. The van der Waals surface area contributed by atoms with Crippen LogP contribution in [0, 0.1) is 0 Å². The lowest BCUT2D eigenvalue weighted by Crippen LogP contribution is -2.32. The van der Waals surface area contributed by atoms with E-state index < -0.39 is 12.2 Å². The van der Waals surface area contributed by atoms with E-state index in [2.05, 4.69) is 9.84 Å². The van der Waals surface area contributed by atoms with Gasteiger partial charge in [-0.2, -0.15) is 5.10 Å². The van der Waals surface area contributed by atoms with Crippen LogP contribution in [0.15, 0.2) is 5.10 Å². The predicted octanol–water partition coefficient (Wildman–Crippen LogP) is -0.872. The molecule has 1 heterocycles. The first kappa shape index (κ1) is 10.6. The summed E-state index contributed by atoms with van der Waals surface area (Å²) in [7, 11) is 0. The summed E-state index contributed by atoms with van der Waals surface area (Å²) in [5.74, 6) is -0.470. The second-order valence-electron chi connectivity index (χ2n) is 2.80. The zero-order chi connectivity index (χ0) is 10.6. The van der Waals surface area contributed by atoms with E-state index in [0.717, 1.165) is 5.01 Å². The van der Waals surface area contributed by atoms with Crippen LogP contribution in [0.4, 0.5) is 0 Å². The number of aliphatic hydroxyl groups excluding tert-OH is 1. The van der Waals surface area contributed by atoms with Crippen molar-refractivity contribution in [1.29, 1.82) is 0 Å². The quantitative estimate of drug-likeness (QED) is 0.471. The Morgan fingerprint density at radius 2 is 2.57 bits per heavy atom. The summed E-state index contributed by atoms with van der Waals surface area (Å²) in [6.07, 6.45) is -0.184. The third-order valence-electron chi connectivity index (χ3n) is 1.73. The number of hydrazone groups is 1. The molecule has 0 saturated heterocycles. The molecule has 0 spiro atoms. The molecule has 0 radical (unpaired) electrons. The number of carbonyl (C=O) groups is 2. The molecule has 6 heteroatoms. The van der Waals surface area contributed by atoms with Gasteiger partial charge in [-0.3, -0.25) is 14.6 Å². The SMILES string of the molecule is CCOC(=O)CN1N=C(C=O)CC1O. The van der Waals surface area contributed by atoms with Crippen molar-refractivity contribution in [2.75, 3.05) is 13.2 Å². The number of hydrogen-bond acceptors (Lipinski definition) is 6. The van der Waals surface area contributed by atoms with Gasteiger partial charge in [0.2, 0.25) is 0 Å². The summed E-state index contributed by atoms with van der Waals surface area (Å²) >= 11 is 0. The third-order valence-corrected chi connectivity index (χ3v) is 1.73. The van der Waals surface area contributed by atoms with Gasteiger partial charge in [0, 0.05) is 6.42 Å².